The quantitative estimate of drug-likeness (QED) is 0.0752. The zero-order valence-electron chi connectivity index (χ0n) is 20.5. The van der Waals surface area contributed by atoms with Crippen LogP contribution in [-0.2, 0) is 14.3 Å². The third-order valence-electron chi connectivity index (χ3n) is 5.09. The number of aliphatic carboxylic acids is 1. The molecule has 5 nitrogen and oxygen atoms in total. The van der Waals surface area contributed by atoms with Gasteiger partial charge in [0.25, 0.3) is 0 Å². The maximum atomic E-state index is 12.0. The average molecular weight is 464 g/mol. The number of quaternary nitrogens is 1. The molecular weight excluding hydrogens is 416 g/mol. The van der Waals surface area contributed by atoms with E-state index in [4.69, 9.17) is 9.84 Å². The van der Waals surface area contributed by atoms with Gasteiger partial charge >= 0.3 is 11.9 Å². The number of carboxylic acids is 1. The lowest BCUT2D eigenvalue weighted by Gasteiger charge is -2.28. The first-order chi connectivity index (χ1) is 14.2. The SMILES string of the molecule is CCCCCCCC/C=C\CCCCCCC[13C](=O)O[C@H](CC(=O)O)C[15N+](C)(C)C.[Cl-]. The first kappa shape index (κ1) is 32.1. The van der Waals surface area contributed by atoms with Gasteiger partial charge in [-0.2, -0.15) is 0 Å². The van der Waals surface area contributed by atoms with E-state index in [9.17, 15) is 9.59 Å². The standard InChI is InChI=1S/C25H47NO4.ClH/c1-5-6-7-8-9-10-11-12-13-14-15-16-17-18-19-20-25(29)30-23(21-24(27)28)22-26(2,3)4;/h12-13,23H,5-11,14-22H2,1-4H3;1H/b13-12-;/t23-;/m1./s1/i25+1,26+1;. The molecule has 0 unspecified atom stereocenters. The van der Waals surface area contributed by atoms with Crippen LogP contribution in [0.3, 0.4) is 0 Å². The van der Waals surface area contributed by atoms with Crippen LogP contribution in [0.2, 0.25) is 0 Å². The van der Waals surface area contributed by atoms with E-state index in [-0.39, 0.29) is 24.8 Å². The van der Waals surface area contributed by atoms with E-state index in [1.54, 1.807) is 0 Å². The van der Waals surface area contributed by atoms with Crippen LogP contribution in [0.5, 0.6) is 0 Å². The molecular formula is C25H48ClNO4. The van der Waals surface area contributed by atoms with Crippen molar-refractivity contribution in [1.29, 1.82) is 0 Å². The number of ether oxygens (including phenoxy) is 1. The van der Waals surface area contributed by atoms with Gasteiger partial charge in [0.1, 0.15) is 6.54 Å². The van der Waals surface area contributed by atoms with E-state index in [1.165, 1.54) is 57.8 Å². The Morgan fingerprint density at radius 1 is 0.839 bits per heavy atom. The molecule has 0 saturated carbocycles. The number of nitrogens with zero attached hydrogens (tertiary/aromatic N) is 1. The first-order valence-corrected chi connectivity index (χ1v) is 12.1. The van der Waals surface area contributed by atoms with Gasteiger partial charge in [-0.25, -0.2) is 0 Å². The fraction of sp³-hybridized carbons (Fsp3) is 0.840. The van der Waals surface area contributed by atoms with Crippen molar-refractivity contribution >= 4 is 11.9 Å². The Labute approximate surface area is 197 Å². The van der Waals surface area contributed by atoms with Crippen LogP contribution in [0.25, 0.3) is 0 Å². The van der Waals surface area contributed by atoms with E-state index in [0.29, 0.717) is 17.4 Å². The first-order valence-electron chi connectivity index (χ1n) is 12.1. The summed E-state index contributed by atoms with van der Waals surface area (Å²) in [4.78, 5) is 23.0. The second-order valence-electron chi connectivity index (χ2n) is 9.52. The fourth-order valence-electron chi connectivity index (χ4n) is 3.53. The molecule has 0 aliphatic rings. The number of hydrogen-bond acceptors (Lipinski definition) is 3. The topological polar surface area (TPSA) is 63.6 Å². The molecule has 6 heteroatoms. The van der Waals surface area contributed by atoms with Crippen molar-refractivity contribution in [2.45, 2.75) is 109 Å². The summed E-state index contributed by atoms with van der Waals surface area (Å²) in [6.07, 6.45) is 20.2. The summed E-state index contributed by atoms with van der Waals surface area (Å²) in [6.45, 7) is 2.76. The molecule has 1 atom stereocenters. The molecule has 0 fully saturated rings. The minimum Gasteiger partial charge on any atom is -1.00 e. The monoisotopic (exact) mass is 463 g/mol. The largest absolute Gasteiger partial charge is 1.00 e. The van der Waals surface area contributed by atoms with Gasteiger partial charge in [-0.15, -0.1) is 0 Å². The summed E-state index contributed by atoms with van der Waals surface area (Å²) in [6, 6.07) is 0. The number of carbonyl (C=O) groups is 2. The van der Waals surface area contributed by atoms with Crippen LogP contribution in [0, 0.1) is 0 Å². The Balaban J connectivity index is 0. The van der Waals surface area contributed by atoms with Crippen LogP contribution < -0.4 is 12.4 Å². The zero-order valence-corrected chi connectivity index (χ0v) is 21.3. The highest BCUT2D eigenvalue weighted by Crippen LogP contribution is 2.12. The second kappa shape index (κ2) is 20.8. The number of halogens is 1. The van der Waals surface area contributed by atoms with E-state index >= 15 is 0 Å². The maximum Gasteiger partial charge on any atom is 0.307 e. The fourth-order valence-corrected chi connectivity index (χ4v) is 3.53. The van der Waals surface area contributed by atoms with Gasteiger partial charge in [0.2, 0.25) is 0 Å². The normalized spacial score (nSPS) is 12.5. The summed E-state index contributed by atoms with van der Waals surface area (Å²) in [5.41, 5.74) is 0. The molecule has 0 aromatic rings. The highest BCUT2D eigenvalue weighted by atomic mass is 35.5. The molecule has 0 heterocycles. The summed E-state index contributed by atoms with van der Waals surface area (Å²) >= 11 is 0. The predicted octanol–water partition coefficient (Wildman–Crippen LogP) is 3.12. The minimum atomic E-state index is -0.928. The van der Waals surface area contributed by atoms with Crippen LogP contribution >= 0.6 is 0 Å². The van der Waals surface area contributed by atoms with E-state index in [0.717, 1.165) is 25.7 Å². The molecule has 0 spiro atoms. The van der Waals surface area contributed by atoms with Gasteiger partial charge in [0.05, 0.1) is 27.6 Å². The lowest BCUT2D eigenvalue weighted by Crippen LogP contribution is -3.00. The summed E-state index contributed by atoms with van der Waals surface area (Å²) in [7, 11) is 5.89. The number of esters is 1. The van der Waals surface area contributed by atoms with Gasteiger partial charge < -0.3 is 26.7 Å². The second-order valence-corrected chi connectivity index (χ2v) is 9.52. The number of unbranched alkanes of at least 4 members (excludes halogenated alkanes) is 11. The predicted molar refractivity (Wildman–Crippen MR) is 124 cm³/mol. The Hall–Kier alpha value is -1.07. The zero-order chi connectivity index (χ0) is 22.7. The molecule has 31 heavy (non-hydrogen) atoms. The third-order valence-corrected chi connectivity index (χ3v) is 5.09. The van der Waals surface area contributed by atoms with Crippen molar-refractivity contribution in [1.82, 2.24) is 0 Å². The lowest BCUT2D eigenvalue weighted by molar-refractivity contribution is -0.873. The van der Waals surface area contributed by atoms with Crippen LogP contribution in [-0.4, -0.2) is 55.3 Å². The summed E-state index contributed by atoms with van der Waals surface area (Å²) < 4.78 is 5.98. The van der Waals surface area contributed by atoms with E-state index < -0.39 is 12.1 Å². The molecule has 0 aliphatic carbocycles. The van der Waals surface area contributed by atoms with Gasteiger partial charge in [-0.05, 0) is 32.1 Å². The van der Waals surface area contributed by atoms with Crippen LogP contribution in [0.1, 0.15) is 103 Å². The van der Waals surface area contributed by atoms with E-state index in [2.05, 4.69) is 19.1 Å². The Kier molecular flexibility index (Phi) is 21.6. The molecule has 0 aromatic heterocycles. The van der Waals surface area contributed by atoms with Gasteiger partial charge in [-0.1, -0.05) is 70.4 Å². The lowest BCUT2D eigenvalue weighted by atomic mass is 10.1. The van der Waals surface area contributed by atoms with Crippen molar-refractivity contribution in [2.75, 3.05) is 27.7 Å². The Morgan fingerprint density at radius 3 is 1.81 bits per heavy atom. The molecule has 0 aromatic carbocycles. The summed E-state index contributed by atoms with van der Waals surface area (Å²) in [5.74, 6) is -1.20. The van der Waals surface area contributed by atoms with Crippen molar-refractivity contribution in [3.05, 3.63) is 12.2 Å². The molecule has 0 bridgehead atoms. The molecule has 0 saturated heterocycles. The molecule has 0 radical (unpaired) electrons. The van der Waals surface area contributed by atoms with Gasteiger partial charge in [0.15, 0.2) is 6.10 Å². The third kappa shape index (κ3) is 25.1. The van der Waals surface area contributed by atoms with Gasteiger partial charge in [-0.3, -0.25) is 9.59 Å². The number of hydrogen-bond donors (Lipinski definition) is 1. The van der Waals surface area contributed by atoms with E-state index in [1.807, 2.05) is 21.1 Å². The van der Waals surface area contributed by atoms with Gasteiger partial charge in [0, 0.05) is 6.42 Å². The number of carboxylic acid groups (broad SMARTS) is 1. The number of allylic oxidation sites excluding steroid dienone is 2. The summed E-state index contributed by atoms with van der Waals surface area (Å²) in [5, 5.41) is 9.01. The van der Waals surface area contributed by atoms with Crippen molar-refractivity contribution < 1.29 is 36.3 Å². The Bertz CT molecular complexity index is 475. The van der Waals surface area contributed by atoms with Crippen molar-refractivity contribution in [3.8, 4) is 0 Å². The minimum absolute atomic E-state index is 0. The van der Waals surface area contributed by atoms with Crippen LogP contribution in [0.4, 0.5) is 0 Å². The maximum absolute atomic E-state index is 12.0. The molecule has 0 amide bonds. The number of carbonyl (C=O) groups excluding carboxylic acids is 1. The average Bonchev–Trinajstić information content (AvgIpc) is 2.63. The highest BCUT2D eigenvalue weighted by Gasteiger charge is 2.24. The van der Waals surface area contributed by atoms with Crippen molar-refractivity contribution in [2.24, 2.45) is 0 Å². The smallest absolute Gasteiger partial charge is 0.307 e. The number of likely N-dealkylation sites (N-methyl/N-ethyl adjacent to an activating group) is 1. The molecule has 0 rings (SSSR count). The van der Waals surface area contributed by atoms with Crippen LogP contribution in [0.15, 0.2) is 12.2 Å². The molecule has 184 valence electrons. The highest BCUT2D eigenvalue weighted by molar-refractivity contribution is 5.71. The molecule has 0 aliphatic heterocycles. The Morgan fingerprint density at radius 2 is 1.32 bits per heavy atom. The molecule has 1 N–H and O–H groups in total. The number of rotatable bonds is 20. The van der Waals surface area contributed by atoms with Crippen molar-refractivity contribution in [3.63, 3.8) is 0 Å².